The third-order valence-electron chi connectivity index (χ3n) is 4.18. The molecule has 2 aromatic carbocycles. The maximum absolute atomic E-state index is 12.6. The first-order valence-electron chi connectivity index (χ1n) is 8.86. The lowest BCUT2D eigenvalue weighted by molar-refractivity contribution is -0.115. The Labute approximate surface area is 182 Å². The average molecular weight is 446 g/mol. The van der Waals surface area contributed by atoms with E-state index in [0.717, 1.165) is 16.1 Å². The van der Waals surface area contributed by atoms with Crippen LogP contribution >= 0.6 is 35.1 Å². The summed E-state index contributed by atoms with van der Waals surface area (Å²) in [6.45, 7) is 3.70. The molecule has 1 unspecified atom stereocenters. The van der Waals surface area contributed by atoms with E-state index in [-0.39, 0.29) is 11.5 Å². The van der Waals surface area contributed by atoms with Crippen LogP contribution in [0.4, 0.5) is 5.69 Å². The van der Waals surface area contributed by atoms with Gasteiger partial charge in [0, 0.05) is 21.7 Å². The number of nitrogens with one attached hydrogen (secondary N) is 1. The van der Waals surface area contributed by atoms with Gasteiger partial charge in [0.25, 0.3) is 5.56 Å². The number of hydrogen-bond donors (Lipinski definition) is 1. The Kier molecular flexibility index (Phi) is 7.05. The zero-order valence-corrected chi connectivity index (χ0v) is 18.6. The van der Waals surface area contributed by atoms with Crippen molar-refractivity contribution in [2.75, 3.05) is 11.6 Å². The number of hydrogen-bond acceptors (Lipinski definition) is 5. The van der Waals surface area contributed by atoms with Gasteiger partial charge >= 0.3 is 0 Å². The van der Waals surface area contributed by atoms with Crippen molar-refractivity contribution >= 4 is 46.7 Å². The molecule has 3 aromatic rings. The largest absolute Gasteiger partial charge is 0.325 e. The van der Waals surface area contributed by atoms with Crippen molar-refractivity contribution < 1.29 is 4.79 Å². The molecule has 0 aliphatic rings. The van der Waals surface area contributed by atoms with Crippen LogP contribution in [0.3, 0.4) is 0 Å². The summed E-state index contributed by atoms with van der Waals surface area (Å²) in [6.07, 6.45) is 1.99. The van der Waals surface area contributed by atoms with E-state index >= 15 is 0 Å². The first-order valence-corrected chi connectivity index (χ1v) is 11.3. The molecular formula is C21H20ClN3O2S2. The molecule has 0 aliphatic heterocycles. The molecule has 3 rings (SSSR count). The molecule has 0 saturated carbocycles. The van der Waals surface area contributed by atoms with E-state index in [1.54, 1.807) is 36.9 Å². The van der Waals surface area contributed by atoms with Crippen molar-refractivity contribution in [1.29, 1.82) is 0 Å². The van der Waals surface area contributed by atoms with Gasteiger partial charge in [-0.15, -0.1) is 11.8 Å². The lowest BCUT2D eigenvalue weighted by atomic mass is 10.2. The Hall–Kier alpha value is -2.22. The molecule has 0 fully saturated rings. The molecule has 1 atom stereocenters. The molecule has 0 radical (unpaired) electrons. The van der Waals surface area contributed by atoms with Crippen LogP contribution in [0.1, 0.15) is 12.5 Å². The summed E-state index contributed by atoms with van der Waals surface area (Å²) in [7, 11) is 0. The number of amides is 1. The smallest absolute Gasteiger partial charge is 0.271 e. The SMILES string of the molecule is CSc1cccc(NC(=O)C(C)Sc2ccc(=O)n(-c3ccc(C)c(Cl)c3)n2)c1. The Balaban J connectivity index is 1.76. The van der Waals surface area contributed by atoms with Crippen molar-refractivity contribution in [1.82, 2.24) is 9.78 Å². The minimum atomic E-state index is -0.395. The predicted molar refractivity (Wildman–Crippen MR) is 122 cm³/mol. The van der Waals surface area contributed by atoms with Crippen molar-refractivity contribution in [2.24, 2.45) is 0 Å². The van der Waals surface area contributed by atoms with Crippen LogP contribution in [0.25, 0.3) is 5.69 Å². The average Bonchev–Trinajstić information content (AvgIpc) is 2.71. The molecule has 1 heterocycles. The molecule has 1 aromatic heterocycles. The molecule has 0 bridgehead atoms. The summed E-state index contributed by atoms with van der Waals surface area (Å²) in [5.74, 6) is -0.133. The van der Waals surface area contributed by atoms with Gasteiger partial charge in [-0.3, -0.25) is 9.59 Å². The van der Waals surface area contributed by atoms with Crippen molar-refractivity contribution in [3.8, 4) is 5.69 Å². The molecular weight excluding hydrogens is 426 g/mol. The topological polar surface area (TPSA) is 64.0 Å². The third kappa shape index (κ3) is 5.44. The summed E-state index contributed by atoms with van der Waals surface area (Å²) < 4.78 is 1.29. The van der Waals surface area contributed by atoms with Gasteiger partial charge in [0.1, 0.15) is 5.03 Å². The first-order chi connectivity index (χ1) is 13.9. The van der Waals surface area contributed by atoms with E-state index in [4.69, 9.17) is 11.6 Å². The lowest BCUT2D eigenvalue weighted by Gasteiger charge is -2.13. The number of rotatable bonds is 6. The Morgan fingerprint density at radius 2 is 1.97 bits per heavy atom. The number of thioether (sulfide) groups is 2. The number of carbonyl (C=O) groups excluding carboxylic acids is 1. The Bertz CT molecular complexity index is 1100. The predicted octanol–water partition coefficient (Wildman–Crippen LogP) is 5.04. The van der Waals surface area contributed by atoms with Crippen molar-refractivity contribution in [2.45, 2.75) is 29.0 Å². The highest BCUT2D eigenvalue weighted by atomic mass is 35.5. The van der Waals surface area contributed by atoms with Crippen LogP contribution in [-0.4, -0.2) is 27.2 Å². The fourth-order valence-corrected chi connectivity index (χ4v) is 3.97. The van der Waals surface area contributed by atoms with Gasteiger partial charge in [-0.05, 0) is 62.1 Å². The molecule has 5 nitrogen and oxygen atoms in total. The zero-order valence-electron chi connectivity index (χ0n) is 16.2. The second kappa shape index (κ2) is 9.52. The molecule has 0 aliphatic carbocycles. The first kappa shape index (κ1) is 21.5. The molecule has 8 heteroatoms. The van der Waals surface area contributed by atoms with Gasteiger partial charge in [0.15, 0.2) is 0 Å². The van der Waals surface area contributed by atoms with E-state index in [9.17, 15) is 9.59 Å². The Morgan fingerprint density at radius 1 is 1.17 bits per heavy atom. The summed E-state index contributed by atoms with van der Waals surface area (Å²) in [6, 6.07) is 16.1. The number of aryl methyl sites for hydroxylation is 1. The van der Waals surface area contributed by atoms with E-state index in [1.807, 2.05) is 43.5 Å². The fraction of sp³-hybridized carbons (Fsp3) is 0.190. The second-order valence-corrected chi connectivity index (χ2v) is 8.98. The second-order valence-electron chi connectivity index (χ2n) is 6.34. The molecule has 0 spiro atoms. The van der Waals surface area contributed by atoms with Gasteiger partial charge in [-0.1, -0.05) is 35.5 Å². The highest BCUT2D eigenvalue weighted by Crippen LogP contribution is 2.24. The van der Waals surface area contributed by atoms with Crippen LogP contribution in [0.15, 0.2) is 69.3 Å². The standard InChI is InChI=1S/C21H20ClN3O2S2/c1-13-7-8-16(12-18(13)22)25-20(26)10-9-19(24-25)29-14(2)21(27)23-15-5-4-6-17(11-15)28-3/h4-12,14H,1-3H3,(H,23,27). The van der Waals surface area contributed by atoms with Gasteiger partial charge < -0.3 is 5.32 Å². The van der Waals surface area contributed by atoms with Crippen LogP contribution < -0.4 is 10.9 Å². The zero-order chi connectivity index (χ0) is 21.0. The summed E-state index contributed by atoms with van der Waals surface area (Å²) in [5.41, 5.74) is 1.99. The van der Waals surface area contributed by atoms with Gasteiger partial charge in [0.2, 0.25) is 5.91 Å². The monoisotopic (exact) mass is 445 g/mol. The van der Waals surface area contributed by atoms with E-state index < -0.39 is 5.25 Å². The molecule has 1 N–H and O–H groups in total. The molecule has 0 saturated heterocycles. The number of aromatic nitrogens is 2. The van der Waals surface area contributed by atoms with E-state index in [0.29, 0.717) is 15.7 Å². The minimum absolute atomic E-state index is 0.133. The van der Waals surface area contributed by atoms with Crippen LogP contribution in [-0.2, 0) is 4.79 Å². The number of carbonyl (C=O) groups is 1. The number of benzene rings is 2. The van der Waals surface area contributed by atoms with Crippen LogP contribution in [0, 0.1) is 6.92 Å². The quantitative estimate of drug-likeness (QED) is 0.539. The maximum Gasteiger partial charge on any atom is 0.271 e. The van der Waals surface area contributed by atoms with E-state index in [2.05, 4.69) is 10.4 Å². The normalized spacial score (nSPS) is 11.9. The molecule has 29 heavy (non-hydrogen) atoms. The maximum atomic E-state index is 12.6. The summed E-state index contributed by atoms with van der Waals surface area (Å²) in [4.78, 5) is 25.9. The van der Waals surface area contributed by atoms with Crippen LogP contribution in [0.5, 0.6) is 0 Å². The number of halogens is 1. The van der Waals surface area contributed by atoms with Crippen molar-refractivity contribution in [3.05, 3.63) is 75.5 Å². The lowest BCUT2D eigenvalue weighted by Crippen LogP contribution is -2.24. The number of nitrogens with zero attached hydrogens (tertiary/aromatic N) is 2. The van der Waals surface area contributed by atoms with Gasteiger partial charge in [-0.25, -0.2) is 0 Å². The van der Waals surface area contributed by atoms with Crippen molar-refractivity contribution in [3.63, 3.8) is 0 Å². The molecule has 1 amide bonds. The summed E-state index contributed by atoms with van der Waals surface area (Å²) in [5, 5.41) is 8.06. The van der Waals surface area contributed by atoms with E-state index in [1.165, 1.54) is 22.5 Å². The highest BCUT2D eigenvalue weighted by molar-refractivity contribution is 8.00. The minimum Gasteiger partial charge on any atom is -0.325 e. The van der Waals surface area contributed by atoms with Crippen LogP contribution in [0.2, 0.25) is 5.02 Å². The summed E-state index contributed by atoms with van der Waals surface area (Å²) >= 11 is 9.08. The third-order valence-corrected chi connectivity index (χ3v) is 6.34. The number of anilines is 1. The van der Waals surface area contributed by atoms with Gasteiger partial charge in [0.05, 0.1) is 10.9 Å². The van der Waals surface area contributed by atoms with Gasteiger partial charge in [-0.2, -0.15) is 9.78 Å². The highest BCUT2D eigenvalue weighted by Gasteiger charge is 2.16. The Morgan fingerprint density at radius 3 is 2.69 bits per heavy atom. The fourth-order valence-electron chi connectivity index (χ4n) is 2.54. The molecule has 150 valence electrons.